The van der Waals surface area contributed by atoms with Crippen molar-refractivity contribution in [2.75, 3.05) is 23.7 Å². The number of methoxy groups -OCH3 is 1. The zero-order valence-corrected chi connectivity index (χ0v) is 17.9. The van der Waals surface area contributed by atoms with Crippen LogP contribution in [-0.4, -0.2) is 43.9 Å². The van der Waals surface area contributed by atoms with E-state index in [0.29, 0.717) is 17.0 Å². The van der Waals surface area contributed by atoms with Crippen LogP contribution in [0.3, 0.4) is 0 Å². The van der Waals surface area contributed by atoms with Crippen molar-refractivity contribution in [2.45, 2.75) is 11.3 Å². The Labute approximate surface area is 185 Å². The number of ether oxygens (including phenoxy) is 1. The van der Waals surface area contributed by atoms with Crippen molar-refractivity contribution in [1.29, 1.82) is 0 Å². The van der Waals surface area contributed by atoms with Gasteiger partial charge in [0.2, 0.25) is 11.9 Å². The minimum atomic E-state index is -3.86. The van der Waals surface area contributed by atoms with E-state index >= 15 is 0 Å². The third-order valence-electron chi connectivity index (χ3n) is 4.21. The Kier molecular flexibility index (Phi) is 7.34. The second-order valence-corrected chi connectivity index (χ2v) is 8.17. The Morgan fingerprint density at radius 3 is 2.41 bits per heavy atom. The molecule has 0 radical (unpaired) electrons. The lowest BCUT2D eigenvalue weighted by molar-refractivity contribution is -0.116. The Hall–Kier alpha value is -3.99. The molecule has 2 aromatic carbocycles. The zero-order chi connectivity index (χ0) is 23.0. The fraction of sp³-hybridized carbons (Fsp3) is 0.143. The molecule has 0 aliphatic rings. The number of amides is 2. The second kappa shape index (κ2) is 10.4. The molecule has 1 heterocycles. The summed E-state index contributed by atoms with van der Waals surface area (Å²) in [6.07, 6.45) is 2.88. The molecule has 0 aliphatic carbocycles. The van der Waals surface area contributed by atoms with Crippen LogP contribution in [-0.2, 0) is 14.8 Å². The third-order valence-corrected chi connectivity index (χ3v) is 5.55. The van der Waals surface area contributed by atoms with E-state index in [4.69, 9.17) is 4.74 Å². The van der Waals surface area contributed by atoms with Gasteiger partial charge in [0.25, 0.3) is 15.9 Å². The van der Waals surface area contributed by atoms with Gasteiger partial charge in [-0.3, -0.25) is 9.59 Å². The Balaban J connectivity index is 1.49. The largest absolute Gasteiger partial charge is 0.497 e. The van der Waals surface area contributed by atoms with Crippen LogP contribution in [0.15, 0.2) is 71.9 Å². The first-order valence-corrected chi connectivity index (χ1v) is 11.0. The van der Waals surface area contributed by atoms with Gasteiger partial charge in [-0.25, -0.2) is 23.1 Å². The fourth-order valence-corrected chi connectivity index (χ4v) is 3.59. The molecule has 1 aromatic heterocycles. The molecular weight excluding hydrogens is 434 g/mol. The summed E-state index contributed by atoms with van der Waals surface area (Å²) in [4.78, 5) is 31.9. The number of hydrogen-bond donors (Lipinski definition) is 3. The molecule has 0 spiro atoms. The van der Waals surface area contributed by atoms with Crippen LogP contribution < -0.4 is 20.1 Å². The maximum Gasteiger partial charge on any atom is 0.264 e. The van der Waals surface area contributed by atoms with Gasteiger partial charge < -0.3 is 15.4 Å². The SMILES string of the molecule is COc1cccc(C(=O)NCCC(=O)Nc2ccc(S(=O)(=O)Nc3ncccn3)cc2)c1. The molecular formula is C21H21N5O5S. The Bertz CT molecular complexity index is 1180. The number of anilines is 2. The monoisotopic (exact) mass is 455 g/mol. The van der Waals surface area contributed by atoms with Gasteiger partial charge in [-0.1, -0.05) is 6.07 Å². The van der Waals surface area contributed by atoms with Crippen molar-refractivity contribution in [1.82, 2.24) is 15.3 Å². The van der Waals surface area contributed by atoms with Crippen LogP contribution in [0.2, 0.25) is 0 Å². The molecule has 0 atom stereocenters. The summed E-state index contributed by atoms with van der Waals surface area (Å²) in [5.74, 6) is -0.128. The lowest BCUT2D eigenvalue weighted by Gasteiger charge is -2.09. The highest BCUT2D eigenvalue weighted by Crippen LogP contribution is 2.16. The maximum absolute atomic E-state index is 12.4. The molecule has 0 saturated heterocycles. The quantitative estimate of drug-likeness (QED) is 0.449. The second-order valence-electron chi connectivity index (χ2n) is 6.49. The van der Waals surface area contributed by atoms with Gasteiger partial charge in [-0.15, -0.1) is 0 Å². The first kappa shape index (κ1) is 22.7. The van der Waals surface area contributed by atoms with Crippen molar-refractivity contribution in [3.8, 4) is 5.75 Å². The molecule has 32 heavy (non-hydrogen) atoms. The van der Waals surface area contributed by atoms with Crippen LogP contribution in [0.5, 0.6) is 5.75 Å². The van der Waals surface area contributed by atoms with E-state index < -0.39 is 10.0 Å². The number of nitrogens with zero attached hydrogens (tertiary/aromatic N) is 2. The van der Waals surface area contributed by atoms with Crippen LogP contribution in [0.1, 0.15) is 16.8 Å². The zero-order valence-electron chi connectivity index (χ0n) is 17.1. The number of rotatable bonds is 9. The predicted molar refractivity (Wildman–Crippen MR) is 118 cm³/mol. The number of benzene rings is 2. The first-order chi connectivity index (χ1) is 15.4. The van der Waals surface area contributed by atoms with Gasteiger partial charge in [-0.2, -0.15) is 0 Å². The number of carbonyl (C=O) groups excluding carboxylic acids is 2. The molecule has 3 N–H and O–H groups in total. The van der Waals surface area contributed by atoms with Crippen LogP contribution in [0.25, 0.3) is 0 Å². The summed E-state index contributed by atoms with van der Waals surface area (Å²) < 4.78 is 32.1. The van der Waals surface area contributed by atoms with Crippen molar-refractivity contribution >= 4 is 33.5 Å². The molecule has 2 amide bonds. The van der Waals surface area contributed by atoms with Crippen LogP contribution in [0, 0.1) is 0 Å². The highest BCUT2D eigenvalue weighted by atomic mass is 32.2. The highest BCUT2D eigenvalue weighted by molar-refractivity contribution is 7.92. The topological polar surface area (TPSA) is 139 Å². The number of sulfonamides is 1. The van der Waals surface area contributed by atoms with Crippen molar-refractivity contribution in [3.63, 3.8) is 0 Å². The molecule has 0 unspecified atom stereocenters. The summed E-state index contributed by atoms with van der Waals surface area (Å²) in [5.41, 5.74) is 0.847. The van der Waals surface area contributed by atoms with Gasteiger partial charge in [0.05, 0.1) is 12.0 Å². The summed E-state index contributed by atoms with van der Waals surface area (Å²) in [6, 6.07) is 13.9. The van der Waals surface area contributed by atoms with E-state index in [1.54, 1.807) is 30.3 Å². The molecule has 0 saturated carbocycles. The lowest BCUT2D eigenvalue weighted by Crippen LogP contribution is -2.27. The molecule has 11 heteroatoms. The summed E-state index contributed by atoms with van der Waals surface area (Å²) in [6.45, 7) is 0.134. The molecule has 0 fully saturated rings. The number of nitrogens with one attached hydrogen (secondary N) is 3. The van der Waals surface area contributed by atoms with Crippen molar-refractivity contribution in [2.24, 2.45) is 0 Å². The van der Waals surface area contributed by atoms with E-state index in [1.807, 2.05) is 0 Å². The molecule has 3 aromatic rings. The minimum Gasteiger partial charge on any atom is -0.497 e. The molecule has 166 valence electrons. The van der Waals surface area contributed by atoms with Gasteiger partial charge >= 0.3 is 0 Å². The lowest BCUT2D eigenvalue weighted by atomic mass is 10.2. The smallest absolute Gasteiger partial charge is 0.264 e. The molecule has 10 nitrogen and oxygen atoms in total. The number of carbonyl (C=O) groups is 2. The third kappa shape index (κ3) is 6.25. The number of hydrogen-bond acceptors (Lipinski definition) is 7. The molecule has 0 bridgehead atoms. The summed E-state index contributed by atoms with van der Waals surface area (Å²) in [7, 11) is -2.35. The normalized spacial score (nSPS) is 10.8. The van der Waals surface area contributed by atoms with Gasteiger partial charge in [-0.05, 0) is 48.5 Å². The average Bonchev–Trinajstić information content (AvgIpc) is 2.79. The predicted octanol–water partition coefficient (Wildman–Crippen LogP) is 2.04. The van der Waals surface area contributed by atoms with E-state index in [2.05, 4.69) is 25.3 Å². The van der Waals surface area contributed by atoms with Gasteiger partial charge in [0, 0.05) is 36.6 Å². The summed E-state index contributed by atoms with van der Waals surface area (Å²) in [5, 5.41) is 5.32. The standard InChI is InChI=1S/C21H21N5O5S/c1-31-17-5-2-4-15(14-17)20(28)22-13-10-19(27)25-16-6-8-18(9-7-16)32(29,30)26-21-23-11-3-12-24-21/h2-9,11-12,14H,10,13H2,1H3,(H,22,28)(H,25,27)(H,23,24,26). The number of aromatic nitrogens is 2. The van der Waals surface area contributed by atoms with Gasteiger partial charge in [0.1, 0.15) is 5.75 Å². The van der Waals surface area contributed by atoms with E-state index in [1.165, 1.54) is 43.8 Å². The van der Waals surface area contributed by atoms with Crippen LogP contribution in [0.4, 0.5) is 11.6 Å². The van der Waals surface area contributed by atoms with E-state index in [9.17, 15) is 18.0 Å². The fourth-order valence-electron chi connectivity index (χ4n) is 2.63. The maximum atomic E-state index is 12.4. The van der Waals surface area contributed by atoms with E-state index in [-0.39, 0.29) is 35.6 Å². The minimum absolute atomic E-state index is 0.00601. The molecule has 3 rings (SSSR count). The summed E-state index contributed by atoms with van der Waals surface area (Å²) >= 11 is 0. The molecule has 0 aliphatic heterocycles. The van der Waals surface area contributed by atoms with Gasteiger partial charge in [0.15, 0.2) is 0 Å². The first-order valence-electron chi connectivity index (χ1n) is 9.49. The van der Waals surface area contributed by atoms with Crippen molar-refractivity contribution in [3.05, 3.63) is 72.6 Å². The van der Waals surface area contributed by atoms with E-state index in [0.717, 1.165) is 0 Å². The highest BCUT2D eigenvalue weighted by Gasteiger charge is 2.15. The van der Waals surface area contributed by atoms with Crippen molar-refractivity contribution < 1.29 is 22.7 Å². The Morgan fingerprint density at radius 1 is 1.00 bits per heavy atom. The Morgan fingerprint density at radius 2 is 1.72 bits per heavy atom. The average molecular weight is 455 g/mol. The van der Waals surface area contributed by atoms with Crippen LogP contribution >= 0.6 is 0 Å².